The summed E-state index contributed by atoms with van der Waals surface area (Å²) in [7, 11) is 0. The molecular formula is C10H19NO3S. The van der Waals surface area contributed by atoms with Crippen molar-refractivity contribution in [2.24, 2.45) is 0 Å². The lowest BCUT2D eigenvalue weighted by Gasteiger charge is -2.29. The monoisotopic (exact) mass is 233 g/mol. The minimum atomic E-state index is -0.494. The van der Waals surface area contributed by atoms with Gasteiger partial charge in [0.05, 0.1) is 12.1 Å². The molecular weight excluding hydrogens is 214 g/mol. The average Bonchev–Trinajstić information content (AvgIpc) is 2.50. The maximum absolute atomic E-state index is 11.5. The molecule has 1 fully saturated rings. The lowest BCUT2D eigenvalue weighted by Crippen LogP contribution is -2.52. The zero-order valence-corrected chi connectivity index (χ0v) is 10.3. The molecule has 0 unspecified atom stereocenters. The first-order chi connectivity index (χ1) is 6.87. The second-order valence-corrected chi connectivity index (χ2v) is 5.97. The van der Waals surface area contributed by atoms with Crippen LogP contribution in [0.15, 0.2) is 0 Å². The molecule has 88 valence electrons. The normalized spacial score (nSPS) is 26.4. The van der Waals surface area contributed by atoms with E-state index >= 15 is 0 Å². The van der Waals surface area contributed by atoms with E-state index in [0.717, 1.165) is 17.9 Å². The lowest BCUT2D eigenvalue weighted by molar-refractivity contribution is 0.0422. The molecule has 0 saturated carbocycles. The molecule has 1 atom stereocenters. The quantitative estimate of drug-likeness (QED) is 0.756. The molecule has 1 aliphatic heterocycles. The number of aliphatic hydroxyl groups excluding tert-OH is 1. The third-order valence-corrected chi connectivity index (χ3v) is 3.42. The second kappa shape index (κ2) is 4.61. The average molecular weight is 233 g/mol. The van der Waals surface area contributed by atoms with E-state index in [1.54, 1.807) is 11.8 Å². The number of nitrogens with one attached hydrogen (secondary N) is 1. The Morgan fingerprint density at radius 2 is 2.27 bits per heavy atom. The Bertz CT molecular complexity index is 231. The van der Waals surface area contributed by atoms with Crippen LogP contribution in [-0.4, -0.2) is 40.5 Å². The first-order valence-electron chi connectivity index (χ1n) is 5.07. The molecule has 1 saturated heterocycles. The first-order valence-corrected chi connectivity index (χ1v) is 6.22. The Morgan fingerprint density at radius 1 is 1.60 bits per heavy atom. The standard InChI is InChI=1S/C10H19NO3S/c1-9(2,3)14-8(13)11-10(6-12)4-5-15-7-10/h12H,4-7H2,1-3H3,(H,11,13)/t10-/m1/s1. The molecule has 0 spiro atoms. The van der Waals surface area contributed by atoms with E-state index < -0.39 is 17.2 Å². The van der Waals surface area contributed by atoms with E-state index in [9.17, 15) is 9.90 Å². The number of alkyl carbamates (subject to hydrolysis) is 1. The highest BCUT2D eigenvalue weighted by Crippen LogP contribution is 2.27. The van der Waals surface area contributed by atoms with Crippen molar-refractivity contribution in [2.45, 2.75) is 38.3 Å². The van der Waals surface area contributed by atoms with Crippen molar-refractivity contribution in [1.82, 2.24) is 5.32 Å². The van der Waals surface area contributed by atoms with Gasteiger partial charge in [-0.1, -0.05) is 0 Å². The van der Waals surface area contributed by atoms with Crippen LogP contribution in [0, 0.1) is 0 Å². The fourth-order valence-electron chi connectivity index (χ4n) is 1.39. The largest absolute Gasteiger partial charge is 0.444 e. The highest BCUT2D eigenvalue weighted by Gasteiger charge is 2.36. The number of hydrogen-bond acceptors (Lipinski definition) is 4. The van der Waals surface area contributed by atoms with Crippen molar-refractivity contribution in [3.63, 3.8) is 0 Å². The predicted octanol–water partition coefficient (Wildman–Crippen LogP) is 1.38. The van der Waals surface area contributed by atoms with Crippen molar-refractivity contribution < 1.29 is 14.6 Å². The summed E-state index contributed by atoms with van der Waals surface area (Å²) in [5.41, 5.74) is -0.973. The minimum Gasteiger partial charge on any atom is -0.444 e. The van der Waals surface area contributed by atoms with Crippen LogP contribution in [0.4, 0.5) is 4.79 Å². The third-order valence-electron chi connectivity index (χ3n) is 2.17. The molecule has 15 heavy (non-hydrogen) atoms. The summed E-state index contributed by atoms with van der Waals surface area (Å²) in [6.45, 7) is 5.43. The van der Waals surface area contributed by atoms with Gasteiger partial charge in [-0.05, 0) is 32.9 Å². The van der Waals surface area contributed by atoms with Crippen LogP contribution in [0.5, 0.6) is 0 Å². The number of thioether (sulfide) groups is 1. The summed E-state index contributed by atoms with van der Waals surface area (Å²) in [4.78, 5) is 11.5. The van der Waals surface area contributed by atoms with Crippen LogP contribution in [0.25, 0.3) is 0 Å². The molecule has 1 amide bonds. The van der Waals surface area contributed by atoms with Crippen LogP contribution >= 0.6 is 11.8 Å². The van der Waals surface area contributed by atoms with Gasteiger partial charge in [-0.3, -0.25) is 0 Å². The molecule has 1 aliphatic rings. The molecule has 5 heteroatoms. The fraction of sp³-hybridized carbons (Fsp3) is 0.900. The number of hydrogen-bond donors (Lipinski definition) is 2. The Balaban J connectivity index is 2.49. The van der Waals surface area contributed by atoms with E-state index in [0.29, 0.717) is 0 Å². The summed E-state index contributed by atoms with van der Waals surface area (Å²) in [6.07, 6.45) is 0.354. The molecule has 0 aromatic rings. The number of carbonyl (C=O) groups excluding carboxylic acids is 1. The Labute approximate surface area is 94.8 Å². The zero-order chi connectivity index (χ0) is 11.5. The molecule has 1 rings (SSSR count). The Hall–Kier alpha value is -0.420. The maximum Gasteiger partial charge on any atom is 0.408 e. The van der Waals surface area contributed by atoms with E-state index in [4.69, 9.17) is 4.74 Å². The Morgan fingerprint density at radius 3 is 2.67 bits per heavy atom. The van der Waals surface area contributed by atoms with Crippen LogP contribution in [-0.2, 0) is 4.74 Å². The summed E-state index contributed by atoms with van der Waals surface area (Å²) >= 11 is 1.74. The SMILES string of the molecule is CC(C)(C)OC(=O)N[C@@]1(CO)CCSC1. The topological polar surface area (TPSA) is 58.6 Å². The molecule has 1 heterocycles. The smallest absolute Gasteiger partial charge is 0.408 e. The van der Waals surface area contributed by atoms with Gasteiger partial charge in [0.2, 0.25) is 0 Å². The van der Waals surface area contributed by atoms with Gasteiger partial charge in [-0.2, -0.15) is 11.8 Å². The minimum absolute atomic E-state index is 0.0285. The molecule has 0 aromatic heterocycles. The molecule has 0 radical (unpaired) electrons. The van der Waals surface area contributed by atoms with Gasteiger partial charge in [0.15, 0.2) is 0 Å². The molecule has 2 N–H and O–H groups in total. The van der Waals surface area contributed by atoms with Crippen LogP contribution in [0.3, 0.4) is 0 Å². The van der Waals surface area contributed by atoms with Crippen LogP contribution in [0.2, 0.25) is 0 Å². The molecule has 0 aliphatic carbocycles. The second-order valence-electron chi connectivity index (χ2n) is 4.87. The van der Waals surface area contributed by atoms with E-state index in [2.05, 4.69) is 5.32 Å². The van der Waals surface area contributed by atoms with Gasteiger partial charge in [0.1, 0.15) is 5.60 Å². The summed E-state index contributed by atoms with van der Waals surface area (Å²) < 4.78 is 5.16. The van der Waals surface area contributed by atoms with E-state index in [-0.39, 0.29) is 6.61 Å². The van der Waals surface area contributed by atoms with Gasteiger partial charge >= 0.3 is 6.09 Å². The molecule has 4 nitrogen and oxygen atoms in total. The first kappa shape index (κ1) is 12.6. The summed E-state index contributed by atoms with van der Waals surface area (Å²) in [5, 5.41) is 12.0. The highest BCUT2D eigenvalue weighted by molar-refractivity contribution is 7.99. The number of aliphatic hydroxyl groups is 1. The summed E-state index contributed by atoms with van der Waals surface area (Å²) in [5.74, 6) is 1.72. The van der Waals surface area contributed by atoms with Crippen LogP contribution < -0.4 is 5.32 Å². The zero-order valence-electron chi connectivity index (χ0n) is 9.50. The summed E-state index contributed by atoms with van der Waals surface area (Å²) in [6, 6.07) is 0. The van der Waals surface area contributed by atoms with Gasteiger partial charge in [0, 0.05) is 5.75 Å². The number of amides is 1. The van der Waals surface area contributed by atoms with E-state index in [1.165, 1.54) is 0 Å². The number of ether oxygens (including phenoxy) is 1. The van der Waals surface area contributed by atoms with Crippen LogP contribution in [0.1, 0.15) is 27.2 Å². The van der Waals surface area contributed by atoms with Gasteiger partial charge in [-0.25, -0.2) is 4.79 Å². The fourth-order valence-corrected chi connectivity index (χ4v) is 2.77. The van der Waals surface area contributed by atoms with Crippen molar-refractivity contribution in [1.29, 1.82) is 0 Å². The van der Waals surface area contributed by atoms with Crippen molar-refractivity contribution >= 4 is 17.9 Å². The number of rotatable bonds is 2. The maximum atomic E-state index is 11.5. The van der Waals surface area contributed by atoms with Crippen molar-refractivity contribution in [2.75, 3.05) is 18.1 Å². The van der Waals surface area contributed by atoms with Gasteiger partial charge < -0.3 is 15.2 Å². The lowest BCUT2D eigenvalue weighted by atomic mass is 10.0. The molecule has 0 aromatic carbocycles. The Kier molecular flexibility index (Phi) is 3.89. The molecule has 0 bridgehead atoms. The predicted molar refractivity (Wildman–Crippen MR) is 61.1 cm³/mol. The van der Waals surface area contributed by atoms with Gasteiger partial charge in [0.25, 0.3) is 0 Å². The highest BCUT2D eigenvalue weighted by atomic mass is 32.2. The third kappa shape index (κ3) is 3.91. The van der Waals surface area contributed by atoms with E-state index in [1.807, 2.05) is 20.8 Å². The van der Waals surface area contributed by atoms with Crippen molar-refractivity contribution in [3.05, 3.63) is 0 Å². The van der Waals surface area contributed by atoms with Crippen molar-refractivity contribution in [3.8, 4) is 0 Å². The van der Waals surface area contributed by atoms with Gasteiger partial charge in [-0.15, -0.1) is 0 Å². The number of carbonyl (C=O) groups is 1.